The number of amides is 1. The first-order valence-electron chi connectivity index (χ1n) is 7.96. The summed E-state index contributed by atoms with van der Waals surface area (Å²) in [6.07, 6.45) is -4.85. The van der Waals surface area contributed by atoms with Gasteiger partial charge in [0.05, 0.1) is 0 Å². The Morgan fingerprint density at radius 3 is 2.38 bits per heavy atom. The molecule has 29 heavy (non-hydrogen) atoms. The monoisotopic (exact) mass is 442 g/mol. The fourth-order valence-corrected chi connectivity index (χ4v) is 4.36. The second-order valence-electron chi connectivity index (χ2n) is 5.65. The van der Waals surface area contributed by atoms with Crippen LogP contribution in [0.25, 0.3) is 0 Å². The minimum Gasteiger partial charge on any atom is -0.406 e. The lowest BCUT2D eigenvalue weighted by atomic mass is 10.2. The van der Waals surface area contributed by atoms with Gasteiger partial charge in [-0.1, -0.05) is 18.2 Å². The van der Waals surface area contributed by atoms with Gasteiger partial charge in [-0.2, -0.15) is 0 Å². The maximum atomic E-state index is 12.4. The largest absolute Gasteiger partial charge is 0.573 e. The Morgan fingerprint density at radius 2 is 1.69 bits per heavy atom. The summed E-state index contributed by atoms with van der Waals surface area (Å²) < 4.78 is 67.8. The predicted octanol–water partition coefficient (Wildman–Crippen LogP) is 4.70. The van der Waals surface area contributed by atoms with Gasteiger partial charge in [0, 0.05) is 23.0 Å². The van der Waals surface area contributed by atoms with E-state index >= 15 is 0 Å². The SMILES string of the molecule is O=C(Nc1cccc(OC(F)(F)F)c1)c1cccc(NS(=O)(=O)c2cccs2)c1. The van der Waals surface area contributed by atoms with Gasteiger partial charge >= 0.3 is 6.36 Å². The molecule has 0 bridgehead atoms. The summed E-state index contributed by atoms with van der Waals surface area (Å²) in [6, 6.07) is 13.6. The first kappa shape index (κ1) is 20.7. The second kappa shape index (κ2) is 8.13. The number of sulfonamides is 1. The van der Waals surface area contributed by atoms with Crippen molar-refractivity contribution >= 4 is 38.6 Å². The molecule has 152 valence electrons. The van der Waals surface area contributed by atoms with Crippen molar-refractivity contribution in [3.63, 3.8) is 0 Å². The van der Waals surface area contributed by atoms with E-state index in [2.05, 4.69) is 14.8 Å². The quantitative estimate of drug-likeness (QED) is 0.580. The third kappa shape index (κ3) is 5.72. The minimum absolute atomic E-state index is 0.0846. The van der Waals surface area contributed by atoms with Crippen LogP contribution in [0, 0.1) is 0 Å². The zero-order valence-corrected chi connectivity index (χ0v) is 16.1. The van der Waals surface area contributed by atoms with Crippen molar-refractivity contribution in [3.8, 4) is 5.75 Å². The van der Waals surface area contributed by atoms with Gasteiger partial charge in [0.25, 0.3) is 15.9 Å². The molecule has 0 spiro atoms. The van der Waals surface area contributed by atoms with Gasteiger partial charge in [0.15, 0.2) is 0 Å². The Hall–Kier alpha value is -3.05. The smallest absolute Gasteiger partial charge is 0.406 e. The highest BCUT2D eigenvalue weighted by Gasteiger charge is 2.31. The molecule has 1 amide bonds. The van der Waals surface area contributed by atoms with E-state index in [-0.39, 0.29) is 21.1 Å². The summed E-state index contributed by atoms with van der Waals surface area (Å²) >= 11 is 1.04. The molecule has 0 radical (unpaired) electrons. The van der Waals surface area contributed by atoms with Crippen molar-refractivity contribution < 1.29 is 31.1 Å². The van der Waals surface area contributed by atoms with E-state index in [0.717, 1.165) is 23.5 Å². The first-order chi connectivity index (χ1) is 13.6. The summed E-state index contributed by atoms with van der Waals surface area (Å²) in [7, 11) is -3.78. The van der Waals surface area contributed by atoms with Crippen LogP contribution >= 0.6 is 11.3 Å². The number of halogens is 3. The van der Waals surface area contributed by atoms with Gasteiger partial charge in [-0.25, -0.2) is 8.42 Å². The lowest BCUT2D eigenvalue weighted by Crippen LogP contribution is -2.17. The molecule has 6 nitrogen and oxygen atoms in total. The highest BCUT2D eigenvalue weighted by molar-refractivity contribution is 7.94. The number of thiophene rings is 1. The normalized spacial score (nSPS) is 11.7. The fraction of sp³-hybridized carbons (Fsp3) is 0.0556. The number of carbonyl (C=O) groups excluding carboxylic acids is 1. The number of benzene rings is 2. The Morgan fingerprint density at radius 1 is 0.966 bits per heavy atom. The molecule has 0 saturated heterocycles. The summed E-state index contributed by atoms with van der Waals surface area (Å²) in [5.74, 6) is -1.11. The third-order valence-corrected chi connectivity index (χ3v) is 6.24. The average molecular weight is 442 g/mol. The number of hydrogen-bond donors (Lipinski definition) is 2. The van der Waals surface area contributed by atoms with E-state index in [1.807, 2.05) is 0 Å². The van der Waals surface area contributed by atoms with Crippen LogP contribution < -0.4 is 14.8 Å². The number of nitrogens with one attached hydrogen (secondary N) is 2. The first-order valence-corrected chi connectivity index (χ1v) is 10.3. The molecule has 0 atom stereocenters. The number of carbonyl (C=O) groups is 1. The lowest BCUT2D eigenvalue weighted by molar-refractivity contribution is -0.274. The molecule has 2 aromatic carbocycles. The van der Waals surface area contributed by atoms with E-state index in [1.54, 1.807) is 11.4 Å². The van der Waals surface area contributed by atoms with Crippen LogP contribution in [0.2, 0.25) is 0 Å². The molecule has 3 aromatic rings. The third-order valence-electron chi connectivity index (χ3n) is 3.46. The molecule has 0 unspecified atom stereocenters. The maximum Gasteiger partial charge on any atom is 0.573 e. The number of hydrogen-bond acceptors (Lipinski definition) is 5. The van der Waals surface area contributed by atoms with Crippen LogP contribution in [0.4, 0.5) is 24.5 Å². The Bertz CT molecular complexity index is 1110. The number of alkyl halides is 3. The molecular weight excluding hydrogens is 429 g/mol. The molecule has 0 saturated carbocycles. The minimum atomic E-state index is -4.85. The van der Waals surface area contributed by atoms with Crippen LogP contribution in [0.3, 0.4) is 0 Å². The van der Waals surface area contributed by atoms with Crippen molar-refractivity contribution in [3.05, 3.63) is 71.6 Å². The standard InChI is InChI=1S/C18H13F3N2O4S2/c19-18(20,21)27-15-7-2-5-13(11-15)22-17(24)12-4-1-6-14(10-12)23-29(25,26)16-8-3-9-28-16/h1-11,23H,(H,22,24). The zero-order chi connectivity index (χ0) is 21.1. The Balaban J connectivity index is 1.74. The van der Waals surface area contributed by atoms with Crippen molar-refractivity contribution in [2.45, 2.75) is 10.6 Å². The van der Waals surface area contributed by atoms with Gasteiger partial charge in [0.2, 0.25) is 0 Å². The number of anilines is 2. The summed E-state index contributed by atoms with van der Waals surface area (Å²) in [4.78, 5) is 12.4. The van der Waals surface area contributed by atoms with Gasteiger partial charge in [-0.05, 0) is 41.8 Å². The topological polar surface area (TPSA) is 84.5 Å². The Kier molecular flexibility index (Phi) is 5.80. The van der Waals surface area contributed by atoms with Crippen molar-refractivity contribution in [1.82, 2.24) is 0 Å². The van der Waals surface area contributed by atoms with Gasteiger partial charge < -0.3 is 10.1 Å². The number of rotatable bonds is 6. The fourth-order valence-electron chi connectivity index (χ4n) is 2.32. The van der Waals surface area contributed by atoms with E-state index in [4.69, 9.17) is 0 Å². The molecular formula is C18H13F3N2O4S2. The van der Waals surface area contributed by atoms with Gasteiger partial charge in [-0.3, -0.25) is 9.52 Å². The molecule has 11 heteroatoms. The van der Waals surface area contributed by atoms with E-state index in [0.29, 0.717) is 0 Å². The molecule has 1 aromatic heterocycles. The second-order valence-corrected chi connectivity index (χ2v) is 8.51. The van der Waals surface area contributed by atoms with Crippen molar-refractivity contribution in [2.24, 2.45) is 0 Å². The molecule has 0 aliphatic carbocycles. The summed E-state index contributed by atoms with van der Waals surface area (Å²) in [6.45, 7) is 0. The summed E-state index contributed by atoms with van der Waals surface area (Å²) in [5.41, 5.74) is 0.361. The molecule has 3 rings (SSSR count). The molecule has 0 aliphatic heterocycles. The molecule has 0 fully saturated rings. The molecule has 2 N–H and O–H groups in total. The number of ether oxygens (including phenoxy) is 1. The van der Waals surface area contributed by atoms with E-state index in [9.17, 15) is 26.4 Å². The predicted molar refractivity (Wildman–Crippen MR) is 103 cm³/mol. The van der Waals surface area contributed by atoms with Crippen LogP contribution in [-0.4, -0.2) is 20.7 Å². The molecule has 0 aliphatic rings. The van der Waals surface area contributed by atoms with Crippen LogP contribution in [0.5, 0.6) is 5.75 Å². The molecule has 1 heterocycles. The highest BCUT2D eigenvalue weighted by Crippen LogP contribution is 2.26. The highest BCUT2D eigenvalue weighted by atomic mass is 32.2. The van der Waals surface area contributed by atoms with E-state index in [1.165, 1.54) is 42.5 Å². The van der Waals surface area contributed by atoms with Crippen LogP contribution in [0.15, 0.2) is 70.3 Å². The van der Waals surface area contributed by atoms with Gasteiger partial charge in [0.1, 0.15) is 9.96 Å². The Labute approximate surface area is 168 Å². The van der Waals surface area contributed by atoms with Gasteiger partial charge in [-0.15, -0.1) is 24.5 Å². The van der Waals surface area contributed by atoms with Crippen LogP contribution in [0.1, 0.15) is 10.4 Å². The van der Waals surface area contributed by atoms with Crippen molar-refractivity contribution in [2.75, 3.05) is 10.0 Å². The van der Waals surface area contributed by atoms with Crippen LogP contribution in [-0.2, 0) is 10.0 Å². The lowest BCUT2D eigenvalue weighted by Gasteiger charge is -2.11. The van der Waals surface area contributed by atoms with Crippen molar-refractivity contribution in [1.29, 1.82) is 0 Å². The average Bonchev–Trinajstić information content (AvgIpc) is 3.16. The zero-order valence-electron chi connectivity index (χ0n) is 14.4. The maximum absolute atomic E-state index is 12.4. The summed E-state index contributed by atoms with van der Waals surface area (Å²) in [5, 5.41) is 4.06. The van der Waals surface area contributed by atoms with E-state index < -0.39 is 28.0 Å².